The van der Waals surface area contributed by atoms with Crippen LogP contribution in [0.4, 0.5) is 4.39 Å². The van der Waals surface area contributed by atoms with Crippen molar-refractivity contribution in [1.29, 1.82) is 0 Å². The summed E-state index contributed by atoms with van der Waals surface area (Å²) in [4.78, 5) is 41.6. The molecule has 0 aliphatic carbocycles. The average molecular weight is 347 g/mol. The largest absolute Gasteiger partial charge is 0.338 e. The SMILES string of the molecule is O=C(CN1CCCCC1=O)N1CCN(C(=O)c2ccc(F)cc2)CC1. The molecule has 7 heteroatoms. The Balaban J connectivity index is 1.51. The minimum absolute atomic E-state index is 0.0460. The van der Waals surface area contributed by atoms with Gasteiger partial charge in [-0.1, -0.05) is 0 Å². The monoisotopic (exact) mass is 347 g/mol. The summed E-state index contributed by atoms with van der Waals surface area (Å²) >= 11 is 0. The summed E-state index contributed by atoms with van der Waals surface area (Å²) in [5.41, 5.74) is 0.445. The molecule has 0 radical (unpaired) electrons. The van der Waals surface area contributed by atoms with Gasteiger partial charge in [-0.15, -0.1) is 0 Å². The van der Waals surface area contributed by atoms with Crippen molar-refractivity contribution in [2.24, 2.45) is 0 Å². The van der Waals surface area contributed by atoms with E-state index in [1.54, 1.807) is 14.7 Å². The van der Waals surface area contributed by atoms with Gasteiger partial charge in [-0.25, -0.2) is 4.39 Å². The van der Waals surface area contributed by atoms with Crippen LogP contribution in [0.5, 0.6) is 0 Å². The highest BCUT2D eigenvalue weighted by Gasteiger charge is 2.27. The predicted molar refractivity (Wildman–Crippen MR) is 89.3 cm³/mol. The molecule has 0 N–H and O–H groups in total. The number of carbonyl (C=O) groups is 3. The molecular weight excluding hydrogens is 325 g/mol. The Kier molecular flexibility index (Phi) is 5.31. The first-order valence-electron chi connectivity index (χ1n) is 8.65. The molecule has 2 saturated heterocycles. The minimum atomic E-state index is -0.376. The highest BCUT2D eigenvalue weighted by Crippen LogP contribution is 2.13. The van der Waals surface area contributed by atoms with Crippen LogP contribution in [0.3, 0.4) is 0 Å². The summed E-state index contributed by atoms with van der Waals surface area (Å²) in [6.45, 7) is 2.56. The fourth-order valence-corrected chi connectivity index (χ4v) is 3.23. The molecule has 2 heterocycles. The Bertz CT molecular complexity index is 654. The van der Waals surface area contributed by atoms with E-state index in [0.29, 0.717) is 44.7 Å². The van der Waals surface area contributed by atoms with Gasteiger partial charge in [-0.3, -0.25) is 14.4 Å². The molecule has 0 unspecified atom stereocenters. The lowest BCUT2D eigenvalue weighted by Crippen LogP contribution is -2.53. The van der Waals surface area contributed by atoms with Crippen LogP contribution in [0.15, 0.2) is 24.3 Å². The number of rotatable bonds is 3. The molecule has 6 nitrogen and oxygen atoms in total. The lowest BCUT2D eigenvalue weighted by molar-refractivity contribution is -0.142. The molecule has 134 valence electrons. The Morgan fingerprint density at radius 1 is 0.920 bits per heavy atom. The number of benzene rings is 1. The summed E-state index contributed by atoms with van der Waals surface area (Å²) < 4.78 is 13.0. The standard InChI is InChI=1S/C18H22FN3O3/c19-15-6-4-14(5-7-15)18(25)21-11-9-20(10-12-21)17(24)13-22-8-2-1-3-16(22)23/h4-7H,1-3,8-13H2. The second-order valence-electron chi connectivity index (χ2n) is 6.45. The maximum Gasteiger partial charge on any atom is 0.253 e. The fourth-order valence-electron chi connectivity index (χ4n) is 3.23. The quantitative estimate of drug-likeness (QED) is 0.823. The number of piperazine rings is 1. The molecule has 3 amide bonds. The number of piperidine rings is 1. The number of hydrogen-bond acceptors (Lipinski definition) is 3. The van der Waals surface area contributed by atoms with Gasteiger partial charge in [0.15, 0.2) is 0 Å². The normalized spacial score (nSPS) is 18.4. The lowest BCUT2D eigenvalue weighted by Gasteiger charge is -2.36. The molecule has 0 saturated carbocycles. The van der Waals surface area contributed by atoms with Crippen molar-refractivity contribution in [2.75, 3.05) is 39.3 Å². The van der Waals surface area contributed by atoms with Gasteiger partial charge in [-0.05, 0) is 37.1 Å². The minimum Gasteiger partial charge on any atom is -0.338 e. The molecule has 3 rings (SSSR count). The van der Waals surface area contributed by atoms with Gasteiger partial charge in [0.25, 0.3) is 5.91 Å². The van der Waals surface area contributed by atoms with Crippen LogP contribution < -0.4 is 0 Å². The van der Waals surface area contributed by atoms with Gasteiger partial charge < -0.3 is 14.7 Å². The molecular formula is C18H22FN3O3. The third kappa shape index (κ3) is 4.15. The van der Waals surface area contributed by atoms with Gasteiger partial charge in [0.1, 0.15) is 5.82 Å². The molecule has 25 heavy (non-hydrogen) atoms. The number of amides is 3. The third-order valence-electron chi connectivity index (χ3n) is 4.76. The molecule has 1 aromatic rings. The maximum absolute atomic E-state index is 13.0. The lowest BCUT2D eigenvalue weighted by atomic mass is 10.1. The van der Waals surface area contributed by atoms with E-state index in [9.17, 15) is 18.8 Å². The Morgan fingerprint density at radius 3 is 2.20 bits per heavy atom. The molecule has 0 bridgehead atoms. The number of hydrogen-bond donors (Lipinski definition) is 0. The van der Waals surface area contributed by atoms with E-state index < -0.39 is 0 Å². The topological polar surface area (TPSA) is 60.9 Å². The molecule has 2 aliphatic heterocycles. The van der Waals surface area contributed by atoms with Gasteiger partial charge in [0.2, 0.25) is 11.8 Å². The van der Waals surface area contributed by atoms with Crippen molar-refractivity contribution in [1.82, 2.24) is 14.7 Å². The van der Waals surface area contributed by atoms with Crippen molar-refractivity contribution in [3.63, 3.8) is 0 Å². The van der Waals surface area contributed by atoms with Crippen LogP contribution in [-0.2, 0) is 9.59 Å². The van der Waals surface area contributed by atoms with Crippen LogP contribution in [0.1, 0.15) is 29.6 Å². The van der Waals surface area contributed by atoms with Gasteiger partial charge >= 0.3 is 0 Å². The number of halogens is 1. The van der Waals surface area contributed by atoms with E-state index in [2.05, 4.69) is 0 Å². The number of carbonyl (C=O) groups excluding carboxylic acids is 3. The van der Waals surface area contributed by atoms with Crippen molar-refractivity contribution < 1.29 is 18.8 Å². The second kappa shape index (κ2) is 7.63. The van der Waals surface area contributed by atoms with E-state index in [0.717, 1.165) is 12.8 Å². The zero-order valence-electron chi connectivity index (χ0n) is 14.1. The summed E-state index contributed by atoms with van der Waals surface area (Å²) in [5, 5.41) is 0. The van der Waals surface area contributed by atoms with E-state index >= 15 is 0 Å². The first kappa shape index (κ1) is 17.4. The smallest absolute Gasteiger partial charge is 0.253 e. The van der Waals surface area contributed by atoms with Crippen LogP contribution in [0.2, 0.25) is 0 Å². The van der Waals surface area contributed by atoms with E-state index in [-0.39, 0.29) is 30.1 Å². The van der Waals surface area contributed by atoms with Gasteiger partial charge in [-0.2, -0.15) is 0 Å². The van der Waals surface area contributed by atoms with Crippen LogP contribution in [0, 0.1) is 5.82 Å². The highest BCUT2D eigenvalue weighted by molar-refractivity contribution is 5.94. The Labute approximate surface area is 146 Å². The van der Waals surface area contributed by atoms with Crippen molar-refractivity contribution in [2.45, 2.75) is 19.3 Å². The highest BCUT2D eigenvalue weighted by atomic mass is 19.1. The van der Waals surface area contributed by atoms with Crippen molar-refractivity contribution in [3.8, 4) is 0 Å². The third-order valence-corrected chi connectivity index (χ3v) is 4.76. The molecule has 0 aromatic heterocycles. The van der Waals surface area contributed by atoms with Crippen molar-refractivity contribution >= 4 is 17.7 Å². The number of likely N-dealkylation sites (tertiary alicyclic amines) is 1. The molecule has 0 atom stereocenters. The fraction of sp³-hybridized carbons (Fsp3) is 0.500. The average Bonchev–Trinajstić information content (AvgIpc) is 2.64. The van der Waals surface area contributed by atoms with Crippen molar-refractivity contribution in [3.05, 3.63) is 35.6 Å². The Morgan fingerprint density at radius 2 is 1.56 bits per heavy atom. The van der Waals surface area contributed by atoms with Crippen LogP contribution in [-0.4, -0.2) is 71.7 Å². The molecule has 2 fully saturated rings. The first-order chi connectivity index (χ1) is 12.0. The van der Waals surface area contributed by atoms with Gasteiger partial charge in [0.05, 0.1) is 6.54 Å². The molecule has 1 aromatic carbocycles. The van der Waals surface area contributed by atoms with Crippen LogP contribution in [0.25, 0.3) is 0 Å². The second-order valence-corrected chi connectivity index (χ2v) is 6.45. The Hall–Kier alpha value is -2.44. The predicted octanol–water partition coefficient (Wildman–Crippen LogP) is 1.12. The van der Waals surface area contributed by atoms with E-state index in [1.165, 1.54) is 24.3 Å². The molecule has 2 aliphatic rings. The van der Waals surface area contributed by atoms with E-state index in [4.69, 9.17) is 0 Å². The van der Waals surface area contributed by atoms with E-state index in [1.807, 2.05) is 0 Å². The maximum atomic E-state index is 13.0. The summed E-state index contributed by atoms with van der Waals surface area (Å²) in [6, 6.07) is 5.47. The summed E-state index contributed by atoms with van der Waals surface area (Å²) in [5.74, 6) is -0.550. The summed E-state index contributed by atoms with van der Waals surface area (Å²) in [6.07, 6.45) is 2.36. The first-order valence-corrected chi connectivity index (χ1v) is 8.65. The number of nitrogens with zero attached hydrogens (tertiary/aromatic N) is 3. The molecule has 0 spiro atoms. The van der Waals surface area contributed by atoms with Gasteiger partial charge in [0, 0.05) is 44.7 Å². The van der Waals surface area contributed by atoms with Crippen LogP contribution >= 0.6 is 0 Å². The zero-order valence-corrected chi connectivity index (χ0v) is 14.1. The summed E-state index contributed by atoms with van der Waals surface area (Å²) in [7, 11) is 0. The zero-order chi connectivity index (χ0) is 17.8.